The van der Waals surface area contributed by atoms with Crippen molar-refractivity contribution >= 4 is 38.6 Å². The zero-order valence-corrected chi connectivity index (χ0v) is 23.6. The Balaban J connectivity index is 1.21. The number of ether oxygens (including phenoxy) is 1. The molecule has 1 N–H and O–H groups in total. The fourth-order valence-corrected chi connectivity index (χ4v) is 5.71. The number of sulfonamides is 1. The molecule has 5 aromatic carbocycles. The largest absolute Gasteiger partial charge is 0.489 e. The first-order chi connectivity index (χ1) is 20.3. The molecule has 212 valence electrons. The molecule has 1 amide bonds. The average molecular weight is 582 g/mol. The number of anilines is 1. The van der Waals surface area contributed by atoms with Crippen LogP contribution in [0, 0.1) is 12.7 Å². The Bertz CT molecular complexity index is 1840. The van der Waals surface area contributed by atoms with E-state index in [0.717, 1.165) is 26.9 Å². The normalized spacial score (nSPS) is 11.5. The Hall–Kier alpha value is -5.02. The van der Waals surface area contributed by atoms with Gasteiger partial charge in [0.15, 0.2) is 0 Å². The lowest BCUT2D eigenvalue weighted by Crippen LogP contribution is -2.40. The highest BCUT2D eigenvalue weighted by atomic mass is 32.2. The summed E-state index contributed by atoms with van der Waals surface area (Å²) in [6.45, 7) is 1.57. The second-order valence-electron chi connectivity index (χ2n) is 9.61. The monoisotopic (exact) mass is 581 g/mol. The van der Waals surface area contributed by atoms with Crippen molar-refractivity contribution in [2.75, 3.05) is 10.8 Å². The van der Waals surface area contributed by atoms with E-state index in [0.29, 0.717) is 17.9 Å². The Labute approximate surface area is 243 Å². The van der Waals surface area contributed by atoms with Crippen LogP contribution in [0.25, 0.3) is 10.8 Å². The van der Waals surface area contributed by atoms with Crippen molar-refractivity contribution in [1.29, 1.82) is 0 Å². The van der Waals surface area contributed by atoms with E-state index < -0.39 is 28.3 Å². The highest BCUT2D eigenvalue weighted by molar-refractivity contribution is 7.92. The first-order valence-corrected chi connectivity index (χ1v) is 14.6. The van der Waals surface area contributed by atoms with Gasteiger partial charge in [0.1, 0.15) is 24.7 Å². The van der Waals surface area contributed by atoms with Crippen molar-refractivity contribution in [3.05, 3.63) is 138 Å². The fraction of sp³-hybridized carbons (Fsp3) is 0.0909. The number of hydrazone groups is 1. The number of amides is 1. The van der Waals surface area contributed by atoms with Crippen molar-refractivity contribution in [3.63, 3.8) is 0 Å². The van der Waals surface area contributed by atoms with Crippen LogP contribution in [0.4, 0.5) is 10.1 Å². The van der Waals surface area contributed by atoms with Crippen LogP contribution in [-0.4, -0.2) is 27.1 Å². The van der Waals surface area contributed by atoms with E-state index in [4.69, 9.17) is 4.74 Å². The topological polar surface area (TPSA) is 88.1 Å². The lowest BCUT2D eigenvalue weighted by molar-refractivity contribution is -0.119. The molecule has 0 atom stereocenters. The van der Waals surface area contributed by atoms with E-state index in [1.807, 2.05) is 25.1 Å². The number of carbonyl (C=O) groups excluding carboxylic acids is 1. The van der Waals surface area contributed by atoms with Crippen molar-refractivity contribution in [2.45, 2.75) is 18.4 Å². The third-order valence-corrected chi connectivity index (χ3v) is 8.29. The van der Waals surface area contributed by atoms with Gasteiger partial charge in [0.25, 0.3) is 15.9 Å². The molecule has 0 heterocycles. The molecule has 0 aliphatic carbocycles. The van der Waals surface area contributed by atoms with Crippen LogP contribution < -0.4 is 14.5 Å². The van der Waals surface area contributed by atoms with Gasteiger partial charge in [0, 0.05) is 0 Å². The van der Waals surface area contributed by atoms with Crippen LogP contribution in [0.2, 0.25) is 0 Å². The van der Waals surface area contributed by atoms with E-state index in [9.17, 15) is 17.6 Å². The molecule has 0 unspecified atom stereocenters. The molecule has 0 bridgehead atoms. The molecular weight excluding hydrogens is 553 g/mol. The lowest BCUT2D eigenvalue weighted by Gasteiger charge is -2.24. The number of para-hydroxylation sites is 1. The molecule has 7 nitrogen and oxygen atoms in total. The molecule has 0 fully saturated rings. The van der Waals surface area contributed by atoms with E-state index in [-0.39, 0.29) is 10.6 Å². The van der Waals surface area contributed by atoms with Gasteiger partial charge in [-0.2, -0.15) is 5.10 Å². The number of benzene rings is 5. The zero-order valence-electron chi connectivity index (χ0n) is 22.8. The van der Waals surface area contributed by atoms with Crippen LogP contribution in [0.5, 0.6) is 5.75 Å². The number of halogens is 1. The summed E-state index contributed by atoms with van der Waals surface area (Å²) in [4.78, 5) is 12.7. The minimum Gasteiger partial charge on any atom is -0.489 e. The summed E-state index contributed by atoms with van der Waals surface area (Å²) in [5.41, 5.74) is 4.69. The van der Waals surface area contributed by atoms with Gasteiger partial charge in [-0.1, -0.05) is 66.2 Å². The lowest BCUT2D eigenvalue weighted by atomic mass is 10.1. The van der Waals surface area contributed by atoms with Gasteiger partial charge >= 0.3 is 0 Å². The van der Waals surface area contributed by atoms with Gasteiger partial charge in [0.2, 0.25) is 0 Å². The Morgan fingerprint density at radius 2 is 1.57 bits per heavy atom. The van der Waals surface area contributed by atoms with Gasteiger partial charge < -0.3 is 4.74 Å². The SMILES string of the molecule is Cc1ccc(S(=O)(=O)N(CC(=O)N/N=C/c2ccc(OCc3ccc4ccccc4c3)cc2)c2ccccc2F)cc1. The summed E-state index contributed by atoms with van der Waals surface area (Å²) in [6, 6.07) is 33.0. The Morgan fingerprint density at radius 1 is 0.881 bits per heavy atom. The highest BCUT2D eigenvalue weighted by Crippen LogP contribution is 2.26. The van der Waals surface area contributed by atoms with Gasteiger partial charge in [-0.3, -0.25) is 9.10 Å². The molecule has 42 heavy (non-hydrogen) atoms. The number of hydrogen-bond donors (Lipinski definition) is 1. The first-order valence-electron chi connectivity index (χ1n) is 13.2. The average Bonchev–Trinajstić information content (AvgIpc) is 3.00. The molecule has 0 aromatic heterocycles. The minimum atomic E-state index is -4.24. The zero-order chi connectivity index (χ0) is 29.5. The van der Waals surface area contributed by atoms with E-state index in [2.05, 4.69) is 34.8 Å². The van der Waals surface area contributed by atoms with E-state index >= 15 is 0 Å². The molecule has 0 saturated carbocycles. The van der Waals surface area contributed by atoms with E-state index in [1.54, 1.807) is 36.4 Å². The maximum Gasteiger partial charge on any atom is 0.264 e. The quantitative estimate of drug-likeness (QED) is 0.157. The number of fused-ring (bicyclic) bond motifs is 1. The minimum absolute atomic E-state index is 0.0596. The number of hydrogen-bond acceptors (Lipinski definition) is 5. The summed E-state index contributed by atoms with van der Waals surface area (Å²) in [7, 11) is -4.24. The van der Waals surface area contributed by atoms with Crippen LogP contribution in [0.15, 0.2) is 125 Å². The third-order valence-electron chi connectivity index (χ3n) is 6.52. The molecule has 9 heteroatoms. The van der Waals surface area contributed by atoms with Crippen LogP contribution >= 0.6 is 0 Å². The Kier molecular flexibility index (Phi) is 8.59. The summed E-state index contributed by atoms with van der Waals surface area (Å²) >= 11 is 0. The summed E-state index contributed by atoms with van der Waals surface area (Å²) < 4.78 is 48.1. The van der Waals surface area contributed by atoms with Crippen molar-refractivity contribution in [1.82, 2.24) is 5.43 Å². The van der Waals surface area contributed by atoms with Gasteiger partial charge in [-0.25, -0.2) is 18.2 Å². The second-order valence-corrected chi connectivity index (χ2v) is 11.5. The number of nitrogens with one attached hydrogen (secondary N) is 1. The summed E-state index contributed by atoms with van der Waals surface area (Å²) in [5, 5.41) is 6.27. The standard InChI is InChI=1S/C33H28FN3O4S/c1-24-10-18-30(19-11-24)42(39,40)37(32-9-5-4-8-31(32)34)22-33(38)36-35-21-25-13-16-29(17-14-25)41-23-26-12-15-27-6-2-3-7-28(27)20-26/h2-21H,22-23H2,1H3,(H,36,38)/b35-21+. The molecule has 0 radical (unpaired) electrons. The molecule has 0 aliphatic heterocycles. The second kappa shape index (κ2) is 12.7. The summed E-state index contributed by atoms with van der Waals surface area (Å²) in [6.07, 6.45) is 1.42. The van der Waals surface area contributed by atoms with Crippen molar-refractivity contribution in [3.8, 4) is 5.75 Å². The van der Waals surface area contributed by atoms with Gasteiger partial charge in [0.05, 0.1) is 16.8 Å². The smallest absolute Gasteiger partial charge is 0.264 e. The molecule has 0 saturated heterocycles. The molecule has 5 rings (SSSR count). The fourth-order valence-electron chi connectivity index (χ4n) is 4.28. The molecule has 0 spiro atoms. The highest BCUT2D eigenvalue weighted by Gasteiger charge is 2.29. The summed E-state index contributed by atoms with van der Waals surface area (Å²) in [5.74, 6) is -0.834. The first kappa shape index (κ1) is 28.5. The number of aryl methyl sites for hydroxylation is 1. The van der Waals surface area contributed by atoms with Crippen molar-refractivity contribution in [2.24, 2.45) is 5.10 Å². The van der Waals surface area contributed by atoms with E-state index in [1.165, 1.54) is 41.9 Å². The van der Waals surface area contributed by atoms with Crippen LogP contribution in [0.1, 0.15) is 16.7 Å². The van der Waals surface area contributed by atoms with Crippen LogP contribution in [0.3, 0.4) is 0 Å². The third kappa shape index (κ3) is 6.82. The van der Waals surface area contributed by atoms with Crippen LogP contribution in [-0.2, 0) is 21.4 Å². The Morgan fingerprint density at radius 3 is 2.31 bits per heavy atom. The molecular formula is C33H28FN3O4S. The predicted molar refractivity (Wildman–Crippen MR) is 163 cm³/mol. The van der Waals surface area contributed by atoms with Gasteiger partial charge in [-0.15, -0.1) is 0 Å². The number of nitrogens with zero attached hydrogens (tertiary/aromatic N) is 2. The number of rotatable bonds is 10. The number of carbonyl (C=O) groups is 1. The maximum atomic E-state index is 14.6. The maximum absolute atomic E-state index is 14.6. The van der Waals surface area contributed by atoms with Gasteiger partial charge in [-0.05, 0) is 83.4 Å². The van der Waals surface area contributed by atoms with Crippen molar-refractivity contribution < 1.29 is 22.3 Å². The molecule has 5 aromatic rings. The molecule has 0 aliphatic rings. The predicted octanol–water partition coefficient (Wildman–Crippen LogP) is 6.21.